The van der Waals surface area contributed by atoms with Gasteiger partial charge in [-0.3, -0.25) is 14.5 Å². The third-order valence-electron chi connectivity index (χ3n) is 5.88. The molecule has 2 amide bonds. The smallest absolute Gasteiger partial charge is 0.347 e. The zero-order valence-electron chi connectivity index (χ0n) is 20.7. The van der Waals surface area contributed by atoms with Crippen molar-refractivity contribution in [1.29, 1.82) is 0 Å². The Balaban J connectivity index is 1.37. The zero-order chi connectivity index (χ0) is 25.4. The molecule has 1 fully saturated rings. The predicted molar refractivity (Wildman–Crippen MR) is 132 cm³/mol. The minimum Gasteiger partial charge on any atom is -0.497 e. The van der Waals surface area contributed by atoms with E-state index in [1.54, 1.807) is 43.2 Å². The molecule has 1 unspecified atom stereocenters. The van der Waals surface area contributed by atoms with Crippen LogP contribution in [0.5, 0.6) is 11.5 Å². The Hall–Kier alpha value is -3.59. The molecule has 2 aromatic rings. The summed E-state index contributed by atoms with van der Waals surface area (Å²) < 4.78 is 15.8. The highest BCUT2D eigenvalue weighted by Crippen LogP contribution is 2.20. The van der Waals surface area contributed by atoms with Crippen LogP contribution in [0, 0.1) is 13.8 Å². The normalized spacial score (nSPS) is 14.7. The summed E-state index contributed by atoms with van der Waals surface area (Å²) in [5.41, 5.74) is 2.89. The summed E-state index contributed by atoms with van der Waals surface area (Å²) >= 11 is 0. The highest BCUT2D eigenvalue weighted by Gasteiger charge is 2.25. The van der Waals surface area contributed by atoms with Crippen LogP contribution in [-0.2, 0) is 19.1 Å². The minimum absolute atomic E-state index is 0.0815. The molecule has 0 aromatic heterocycles. The number of rotatable bonds is 9. The fraction of sp³-hybridized carbons (Fsp3) is 0.423. The molecule has 0 radical (unpaired) electrons. The van der Waals surface area contributed by atoms with Gasteiger partial charge in [0.25, 0.3) is 5.91 Å². The molecule has 9 nitrogen and oxygen atoms in total. The third kappa shape index (κ3) is 7.45. The molecule has 9 heteroatoms. The average Bonchev–Trinajstić information content (AvgIpc) is 2.85. The van der Waals surface area contributed by atoms with E-state index >= 15 is 0 Å². The van der Waals surface area contributed by atoms with E-state index in [1.807, 2.05) is 36.9 Å². The van der Waals surface area contributed by atoms with E-state index in [2.05, 4.69) is 5.32 Å². The van der Waals surface area contributed by atoms with Gasteiger partial charge in [0.05, 0.1) is 13.7 Å². The number of amides is 2. The summed E-state index contributed by atoms with van der Waals surface area (Å²) in [6, 6.07) is 12.7. The number of aryl methyl sites for hydroxylation is 2. The van der Waals surface area contributed by atoms with Gasteiger partial charge in [-0.15, -0.1) is 0 Å². The maximum Gasteiger partial charge on any atom is 0.347 e. The van der Waals surface area contributed by atoms with E-state index in [-0.39, 0.29) is 25.0 Å². The Morgan fingerprint density at radius 1 is 0.943 bits per heavy atom. The molecule has 35 heavy (non-hydrogen) atoms. The molecule has 1 saturated heterocycles. The molecule has 3 rings (SSSR count). The van der Waals surface area contributed by atoms with Gasteiger partial charge in [-0.05, 0) is 56.2 Å². The first-order valence-corrected chi connectivity index (χ1v) is 11.6. The van der Waals surface area contributed by atoms with Crippen molar-refractivity contribution < 1.29 is 28.6 Å². The van der Waals surface area contributed by atoms with Crippen molar-refractivity contribution in [2.24, 2.45) is 0 Å². The SMILES string of the molecule is COc1ccc(OC(C)C(=O)OCC(=O)N2CCN(CC(=O)Nc3c(C)cccc3C)CC2)cc1. The number of ether oxygens (including phenoxy) is 3. The highest BCUT2D eigenvalue weighted by atomic mass is 16.6. The van der Waals surface area contributed by atoms with Gasteiger partial charge in [0, 0.05) is 31.9 Å². The van der Waals surface area contributed by atoms with Crippen molar-refractivity contribution in [2.45, 2.75) is 26.9 Å². The number of hydrogen-bond acceptors (Lipinski definition) is 7. The van der Waals surface area contributed by atoms with Crippen molar-refractivity contribution in [3.05, 3.63) is 53.6 Å². The lowest BCUT2D eigenvalue weighted by atomic mass is 10.1. The standard InChI is InChI=1S/C26H33N3O6/c1-18-6-5-7-19(2)25(18)27-23(30)16-28-12-14-29(15-13-28)24(31)17-34-26(32)20(3)35-22-10-8-21(33-4)9-11-22/h5-11,20H,12-17H2,1-4H3,(H,27,30). The van der Waals surface area contributed by atoms with Gasteiger partial charge < -0.3 is 24.4 Å². The third-order valence-corrected chi connectivity index (χ3v) is 5.88. The van der Waals surface area contributed by atoms with Gasteiger partial charge >= 0.3 is 5.97 Å². The van der Waals surface area contributed by atoms with Crippen LogP contribution in [0.1, 0.15) is 18.1 Å². The Bertz CT molecular complexity index is 1010. The van der Waals surface area contributed by atoms with E-state index in [0.717, 1.165) is 16.8 Å². The van der Waals surface area contributed by atoms with Crippen LogP contribution in [-0.4, -0.2) is 80.1 Å². The molecule has 0 bridgehead atoms. The van der Waals surface area contributed by atoms with Crippen molar-refractivity contribution in [3.63, 3.8) is 0 Å². The predicted octanol–water partition coefficient (Wildman–Crippen LogP) is 2.41. The van der Waals surface area contributed by atoms with E-state index < -0.39 is 12.1 Å². The zero-order valence-corrected chi connectivity index (χ0v) is 20.7. The minimum atomic E-state index is -0.858. The fourth-order valence-corrected chi connectivity index (χ4v) is 3.80. The number of nitrogens with zero attached hydrogens (tertiary/aromatic N) is 2. The van der Waals surface area contributed by atoms with E-state index in [1.165, 1.54) is 0 Å². The quantitative estimate of drug-likeness (QED) is 0.547. The summed E-state index contributed by atoms with van der Waals surface area (Å²) in [5, 5.41) is 2.99. The van der Waals surface area contributed by atoms with Crippen LogP contribution in [0.4, 0.5) is 5.69 Å². The number of carbonyl (C=O) groups is 3. The second-order valence-electron chi connectivity index (χ2n) is 8.52. The van der Waals surface area contributed by atoms with Crippen molar-refractivity contribution in [3.8, 4) is 11.5 Å². The number of nitrogens with one attached hydrogen (secondary N) is 1. The first-order valence-electron chi connectivity index (χ1n) is 11.6. The topological polar surface area (TPSA) is 97.4 Å². The summed E-state index contributed by atoms with van der Waals surface area (Å²) in [5.74, 6) is 0.215. The lowest BCUT2D eigenvalue weighted by Crippen LogP contribution is -2.51. The first kappa shape index (κ1) is 26.0. The second-order valence-corrected chi connectivity index (χ2v) is 8.52. The van der Waals surface area contributed by atoms with Crippen LogP contribution in [0.15, 0.2) is 42.5 Å². The Morgan fingerprint density at radius 2 is 1.54 bits per heavy atom. The number of carbonyl (C=O) groups excluding carboxylic acids is 3. The highest BCUT2D eigenvalue weighted by molar-refractivity contribution is 5.93. The van der Waals surface area contributed by atoms with Crippen molar-refractivity contribution >= 4 is 23.5 Å². The maximum absolute atomic E-state index is 12.5. The molecule has 0 spiro atoms. The van der Waals surface area contributed by atoms with Crippen LogP contribution in [0.25, 0.3) is 0 Å². The van der Waals surface area contributed by atoms with Gasteiger partial charge in [-0.2, -0.15) is 0 Å². The van der Waals surface area contributed by atoms with Gasteiger partial charge in [0.2, 0.25) is 5.91 Å². The van der Waals surface area contributed by atoms with Crippen LogP contribution in [0.3, 0.4) is 0 Å². The molecular weight excluding hydrogens is 450 g/mol. The van der Waals surface area contributed by atoms with E-state index in [9.17, 15) is 14.4 Å². The Kier molecular flexibility index (Phi) is 9.08. The molecule has 1 heterocycles. The number of benzene rings is 2. The Labute approximate surface area is 205 Å². The summed E-state index contributed by atoms with van der Waals surface area (Å²) in [4.78, 5) is 40.9. The van der Waals surface area contributed by atoms with Crippen LogP contribution < -0.4 is 14.8 Å². The number of anilines is 1. The average molecular weight is 484 g/mol. The van der Waals surface area contributed by atoms with Gasteiger partial charge in [0.15, 0.2) is 12.7 Å². The lowest BCUT2D eigenvalue weighted by molar-refractivity contribution is -0.158. The molecule has 0 aliphatic carbocycles. The monoisotopic (exact) mass is 483 g/mol. The first-order chi connectivity index (χ1) is 16.8. The Morgan fingerprint density at radius 3 is 2.14 bits per heavy atom. The molecule has 1 N–H and O–H groups in total. The molecule has 2 aromatic carbocycles. The number of methoxy groups -OCH3 is 1. The van der Waals surface area contributed by atoms with Crippen LogP contribution >= 0.6 is 0 Å². The summed E-state index contributed by atoms with van der Waals surface area (Å²) in [6.45, 7) is 7.47. The number of piperazine rings is 1. The van der Waals surface area contributed by atoms with Crippen LogP contribution in [0.2, 0.25) is 0 Å². The molecular formula is C26H33N3O6. The lowest BCUT2D eigenvalue weighted by Gasteiger charge is -2.34. The summed E-state index contributed by atoms with van der Waals surface area (Å²) in [7, 11) is 1.57. The molecule has 188 valence electrons. The van der Waals surface area contributed by atoms with Crippen molar-refractivity contribution in [2.75, 3.05) is 51.8 Å². The van der Waals surface area contributed by atoms with Crippen molar-refractivity contribution in [1.82, 2.24) is 9.80 Å². The van der Waals surface area contributed by atoms with Gasteiger partial charge in [-0.1, -0.05) is 18.2 Å². The van der Waals surface area contributed by atoms with E-state index in [0.29, 0.717) is 37.7 Å². The van der Waals surface area contributed by atoms with Gasteiger partial charge in [0.1, 0.15) is 11.5 Å². The molecule has 1 aliphatic rings. The number of esters is 1. The van der Waals surface area contributed by atoms with Gasteiger partial charge in [-0.25, -0.2) is 4.79 Å². The maximum atomic E-state index is 12.5. The molecule has 0 saturated carbocycles. The molecule has 1 aliphatic heterocycles. The fourth-order valence-electron chi connectivity index (χ4n) is 3.80. The summed E-state index contributed by atoms with van der Waals surface area (Å²) in [6.07, 6.45) is -0.858. The largest absolute Gasteiger partial charge is 0.497 e. The number of hydrogen-bond donors (Lipinski definition) is 1. The second kappa shape index (κ2) is 12.2. The molecule has 1 atom stereocenters. The number of para-hydroxylation sites is 1. The van der Waals surface area contributed by atoms with E-state index in [4.69, 9.17) is 14.2 Å².